The van der Waals surface area contributed by atoms with Crippen LogP contribution < -0.4 is 5.73 Å². The van der Waals surface area contributed by atoms with Gasteiger partial charge in [0.2, 0.25) is 0 Å². The molecule has 1 aromatic rings. The van der Waals surface area contributed by atoms with Gasteiger partial charge in [0, 0.05) is 5.02 Å². The number of benzene rings is 1. The van der Waals surface area contributed by atoms with E-state index in [2.05, 4.69) is 0 Å². The van der Waals surface area contributed by atoms with E-state index in [0.717, 1.165) is 5.56 Å². The molecule has 0 saturated carbocycles. The molecule has 0 fully saturated rings. The van der Waals surface area contributed by atoms with Crippen molar-refractivity contribution in [2.45, 2.75) is 6.92 Å². The molecule has 0 saturated heterocycles. The lowest BCUT2D eigenvalue weighted by molar-refractivity contribution is 1.40. The third-order valence-corrected chi connectivity index (χ3v) is 1.66. The molecule has 0 aliphatic rings. The third-order valence-electron chi connectivity index (χ3n) is 1.44. The SMILES string of the molecule is Cc1cc(Cl)cc(N)c1C#N. The Morgan fingerprint density at radius 3 is 2.64 bits per heavy atom. The van der Waals surface area contributed by atoms with E-state index in [9.17, 15) is 0 Å². The molecule has 2 nitrogen and oxygen atoms in total. The molecule has 0 spiro atoms. The van der Waals surface area contributed by atoms with Gasteiger partial charge in [-0.2, -0.15) is 5.26 Å². The quantitative estimate of drug-likeness (QED) is 0.600. The summed E-state index contributed by atoms with van der Waals surface area (Å²) in [4.78, 5) is 0. The number of halogens is 1. The summed E-state index contributed by atoms with van der Waals surface area (Å²) in [6.07, 6.45) is 0. The molecule has 11 heavy (non-hydrogen) atoms. The average Bonchev–Trinajstić information content (AvgIpc) is 1.85. The van der Waals surface area contributed by atoms with Crippen LogP contribution in [0.2, 0.25) is 5.02 Å². The predicted octanol–water partition coefficient (Wildman–Crippen LogP) is 2.10. The molecule has 0 radical (unpaired) electrons. The minimum Gasteiger partial charge on any atom is -0.398 e. The second-order valence-corrected chi connectivity index (χ2v) is 2.74. The van der Waals surface area contributed by atoms with Crippen molar-refractivity contribution < 1.29 is 0 Å². The van der Waals surface area contributed by atoms with Crippen LogP contribution >= 0.6 is 11.6 Å². The number of nitrogens with zero attached hydrogens (tertiary/aromatic N) is 1. The zero-order chi connectivity index (χ0) is 8.43. The summed E-state index contributed by atoms with van der Waals surface area (Å²) in [5, 5.41) is 9.19. The number of rotatable bonds is 0. The van der Waals surface area contributed by atoms with Crippen molar-refractivity contribution in [1.29, 1.82) is 5.26 Å². The van der Waals surface area contributed by atoms with Crippen molar-refractivity contribution in [2.75, 3.05) is 5.73 Å². The fourth-order valence-electron chi connectivity index (χ4n) is 0.922. The van der Waals surface area contributed by atoms with Gasteiger partial charge >= 0.3 is 0 Å². The molecular weight excluding hydrogens is 160 g/mol. The average molecular weight is 167 g/mol. The van der Waals surface area contributed by atoms with E-state index in [1.807, 2.05) is 6.07 Å². The fraction of sp³-hybridized carbons (Fsp3) is 0.125. The van der Waals surface area contributed by atoms with Crippen LogP contribution in [0.15, 0.2) is 12.1 Å². The number of nitrogen functional groups attached to an aromatic ring is 1. The van der Waals surface area contributed by atoms with Gasteiger partial charge in [0.1, 0.15) is 6.07 Å². The molecule has 3 heteroatoms. The van der Waals surface area contributed by atoms with Crippen LogP contribution in [0.3, 0.4) is 0 Å². The van der Waals surface area contributed by atoms with Gasteiger partial charge in [-0.1, -0.05) is 11.6 Å². The highest BCUT2D eigenvalue weighted by atomic mass is 35.5. The molecular formula is C8H7ClN2. The molecule has 0 atom stereocenters. The standard InChI is InChI=1S/C8H7ClN2/c1-5-2-6(9)3-8(11)7(5)4-10/h2-3H,11H2,1H3. The van der Waals surface area contributed by atoms with E-state index in [0.29, 0.717) is 16.3 Å². The van der Waals surface area contributed by atoms with E-state index >= 15 is 0 Å². The smallest absolute Gasteiger partial charge is 0.102 e. The molecule has 0 heterocycles. The fourth-order valence-corrected chi connectivity index (χ4v) is 1.20. The summed E-state index contributed by atoms with van der Waals surface area (Å²) in [5.41, 5.74) is 7.29. The molecule has 0 aliphatic carbocycles. The minimum absolute atomic E-state index is 0.442. The molecule has 56 valence electrons. The molecule has 0 bridgehead atoms. The minimum atomic E-state index is 0.442. The molecule has 1 rings (SSSR count). The summed E-state index contributed by atoms with van der Waals surface area (Å²) in [6.45, 7) is 1.81. The summed E-state index contributed by atoms with van der Waals surface area (Å²) in [6, 6.07) is 5.30. The molecule has 1 aromatic carbocycles. The zero-order valence-corrected chi connectivity index (χ0v) is 6.81. The van der Waals surface area contributed by atoms with Crippen molar-refractivity contribution >= 4 is 17.3 Å². The number of hydrogen-bond acceptors (Lipinski definition) is 2. The number of nitriles is 1. The Morgan fingerprint density at radius 2 is 2.18 bits per heavy atom. The van der Waals surface area contributed by atoms with Gasteiger partial charge in [0.25, 0.3) is 0 Å². The first kappa shape index (κ1) is 7.90. The Labute approximate surface area is 70.2 Å². The summed E-state index contributed by atoms with van der Waals surface area (Å²) in [7, 11) is 0. The highest BCUT2D eigenvalue weighted by Gasteiger charge is 2.02. The lowest BCUT2D eigenvalue weighted by Gasteiger charge is -2.01. The summed E-state index contributed by atoms with van der Waals surface area (Å²) in [5.74, 6) is 0. The maximum Gasteiger partial charge on any atom is 0.102 e. The zero-order valence-electron chi connectivity index (χ0n) is 6.06. The second kappa shape index (κ2) is 2.81. The summed E-state index contributed by atoms with van der Waals surface area (Å²) >= 11 is 5.69. The van der Waals surface area contributed by atoms with Gasteiger partial charge < -0.3 is 5.73 Å². The van der Waals surface area contributed by atoms with Crippen LogP contribution in [0, 0.1) is 18.3 Å². The molecule has 2 N–H and O–H groups in total. The number of anilines is 1. The van der Waals surface area contributed by atoms with Gasteiger partial charge in [-0.25, -0.2) is 0 Å². The highest BCUT2D eigenvalue weighted by Crippen LogP contribution is 2.21. The van der Waals surface area contributed by atoms with E-state index in [1.165, 1.54) is 0 Å². The first-order chi connectivity index (χ1) is 5.15. The number of nitrogens with two attached hydrogens (primary N) is 1. The van der Waals surface area contributed by atoms with Crippen molar-refractivity contribution in [3.05, 3.63) is 28.3 Å². The van der Waals surface area contributed by atoms with Gasteiger partial charge in [-0.3, -0.25) is 0 Å². The van der Waals surface area contributed by atoms with Crippen LogP contribution in [0.5, 0.6) is 0 Å². The second-order valence-electron chi connectivity index (χ2n) is 2.30. The first-order valence-corrected chi connectivity index (χ1v) is 3.48. The van der Waals surface area contributed by atoms with E-state index in [1.54, 1.807) is 19.1 Å². The third kappa shape index (κ3) is 1.44. The molecule has 0 unspecified atom stereocenters. The van der Waals surface area contributed by atoms with Crippen molar-refractivity contribution in [1.82, 2.24) is 0 Å². The predicted molar refractivity (Wildman–Crippen MR) is 45.3 cm³/mol. The van der Waals surface area contributed by atoms with Crippen LogP contribution in [-0.4, -0.2) is 0 Å². The van der Waals surface area contributed by atoms with Crippen LogP contribution in [0.1, 0.15) is 11.1 Å². The Balaban J connectivity index is 3.40. The Morgan fingerprint density at radius 1 is 1.55 bits per heavy atom. The molecule has 0 aliphatic heterocycles. The highest BCUT2D eigenvalue weighted by molar-refractivity contribution is 6.31. The largest absolute Gasteiger partial charge is 0.398 e. The maximum atomic E-state index is 8.62. The van der Waals surface area contributed by atoms with Gasteiger partial charge in [0.05, 0.1) is 11.3 Å². The Kier molecular flexibility index (Phi) is 2.02. The van der Waals surface area contributed by atoms with Gasteiger partial charge in [-0.05, 0) is 24.6 Å². The topological polar surface area (TPSA) is 49.8 Å². The van der Waals surface area contributed by atoms with Gasteiger partial charge in [0.15, 0.2) is 0 Å². The number of hydrogen-bond donors (Lipinski definition) is 1. The van der Waals surface area contributed by atoms with Gasteiger partial charge in [-0.15, -0.1) is 0 Å². The maximum absolute atomic E-state index is 8.62. The first-order valence-electron chi connectivity index (χ1n) is 3.11. The lowest BCUT2D eigenvalue weighted by Crippen LogP contribution is -1.92. The van der Waals surface area contributed by atoms with Crippen molar-refractivity contribution in [2.24, 2.45) is 0 Å². The van der Waals surface area contributed by atoms with Crippen molar-refractivity contribution in [3.8, 4) is 6.07 Å². The van der Waals surface area contributed by atoms with E-state index in [-0.39, 0.29) is 0 Å². The Hall–Kier alpha value is -1.20. The Bertz CT molecular complexity index is 302. The monoisotopic (exact) mass is 166 g/mol. The van der Waals surface area contributed by atoms with Crippen LogP contribution in [0.25, 0.3) is 0 Å². The lowest BCUT2D eigenvalue weighted by atomic mass is 10.1. The number of aryl methyl sites for hydroxylation is 1. The van der Waals surface area contributed by atoms with Crippen LogP contribution in [0.4, 0.5) is 5.69 Å². The summed E-state index contributed by atoms with van der Waals surface area (Å²) < 4.78 is 0. The van der Waals surface area contributed by atoms with Crippen LogP contribution in [-0.2, 0) is 0 Å². The molecule has 0 aromatic heterocycles. The van der Waals surface area contributed by atoms with E-state index < -0.39 is 0 Å². The normalized spacial score (nSPS) is 9.18. The van der Waals surface area contributed by atoms with E-state index in [4.69, 9.17) is 22.6 Å². The molecule has 0 amide bonds. The van der Waals surface area contributed by atoms with Crippen molar-refractivity contribution in [3.63, 3.8) is 0 Å².